The zero-order chi connectivity index (χ0) is 19.5. The smallest absolute Gasteiger partial charge is 0.257 e. The Kier molecular flexibility index (Phi) is 4.87. The second kappa shape index (κ2) is 7.62. The number of carbonyl (C=O) groups is 1. The molecule has 7 heteroatoms. The minimum Gasteiger partial charge on any atom is -0.305 e. The van der Waals surface area contributed by atoms with Crippen molar-refractivity contribution in [1.82, 2.24) is 14.8 Å². The molecule has 0 saturated heterocycles. The van der Waals surface area contributed by atoms with Crippen molar-refractivity contribution in [2.45, 2.75) is 6.54 Å². The Balaban J connectivity index is 1.76. The third kappa shape index (κ3) is 3.63. The second-order valence-corrected chi connectivity index (χ2v) is 7.01. The molecule has 4 rings (SSSR count). The Hall–Kier alpha value is -3.50. The number of amides is 1. The minimum absolute atomic E-state index is 0.126. The number of nitriles is 1. The predicted molar refractivity (Wildman–Crippen MR) is 111 cm³/mol. The largest absolute Gasteiger partial charge is 0.305 e. The zero-order valence-electron chi connectivity index (χ0n) is 14.6. The highest BCUT2D eigenvalue weighted by molar-refractivity contribution is 9.10. The monoisotopic (exact) mass is 431 g/mol. The highest BCUT2D eigenvalue weighted by Crippen LogP contribution is 2.27. The number of nitrogens with one attached hydrogen (secondary N) is 1. The number of anilines is 1. The van der Waals surface area contributed by atoms with Gasteiger partial charge in [0.05, 0.1) is 22.8 Å². The molecule has 2 heterocycles. The molecule has 0 bridgehead atoms. The van der Waals surface area contributed by atoms with E-state index < -0.39 is 0 Å². The number of rotatable bonds is 4. The summed E-state index contributed by atoms with van der Waals surface area (Å²) in [5.74, 6) is 0.113. The molecule has 0 atom stereocenters. The van der Waals surface area contributed by atoms with E-state index in [1.165, 1.54) is 4.68 Å². The predicted octanol–water partition coefficient (Wildman–Crippen LogP) is 4.64. The summed E-state index contributed by atoms with van der Waals surface area (Å²) in [4.78, 5) is 17.7. The molecule has 1 amide bonds. The second-order valence-electron chi connectivity index (χ2n) is 6.09. The lowest BCUT2D eigenvalue weighted by atomic mass is 10.0. The van der Waals surface area contributed by atoms with E-state index in [1.54, 1.807) is 18.3 Å². The lowest BCUT2D eigenvalue weighted by Crippen LogP contribution is -2.14. The van der Waals surface area contributed by atoms with Gasteiger partial charge in [-0.2, -0.15) is 10.4 Å². The molecule has 0 aliphatic rings. The maximum atomic E-state index is 13.0. The van der Waals surface area contributed by atoms with E-state index in [0.717, 1.165) is 20.9 Å². The van der Waals surface area contributed by atoms with Crippen molar-refractivity contribution in [2.24, 2.45) is 0 Å². The summed E-state index contributed by atoms with van der Waals surface area (Å²) in [6.07, 6.45) is 1.65. The summed E-state index contributed by atoms with van der Waals surface area (Å²) in [7, 11) is 0. The van der Waals surface area contributed by atoms with Crippen molar-refractivity contribution in [1.29, 1.82) is 5.26 Å². The Morgan fingerprint density at radius 3 is 2.82 bits per heavy atom. The van der Waals surface area contributed by atoms with Crippen LogP contribution in [0.1, 0.15) is 10.4 Å². The quantitative estimate of drug-likeness (QED) is 0.510. The molecule has 28 heavy (non-hydrogen) atoms. The van der Waals surface area contributed by atoms with Crippen molar-refractivity contribution in [3.8, 4) is 17.3 Å². The van der Waals surface area contributed by atoms with Gasteiger partial charge in [-0.05, 0) is 24.3 Å². The molecule has 0 aliphatic heterocycles. The van der Waals surface area contributed by atoms with Gasteiger partial charge >= 0.3 is 0 Å². The van der Waals surface area contributed by atoms with E-state index in [4.69, 9.17) is 10.2 Å². The number of fused-ring (bicyclic) bond motifs is 1. The average molecular weight is 432 g/mol. The van der Waals surface area contributed by atoms with Crippen LogP contribution in [0.3, 0.4) is 0 Å². The van der Waals surface area contributed by atoms with Crippen LogP contribution in [0.4, 0.5) is 5.82 Å². The van der Waals surface area contributed by atoms with E-state index in [2.05, 4.69) is 26.3 Å². The maximum absolute atomic E-state index is 13.0. The standard InChI is InChI=1S/C21H14BrN5O/c22-15-5-3-4-14(12-15)19-13-17(16-6-1-2-7-18(16)24-19)21(28)25-20-8-10-27(26-20)11-9-23/h1-8,10,12-13H,11H2,(H,25,26,28). The molecular formula is C21H14BrN5O. The number of nitrogens with zero attached hydrogens (tertiary/aromatic N) is 4. The van der Waals surface area contributed by atoms with Crippen molar-refractivity contribution in [3.05, 3.63) is 76.9 Å². The topological polar surface area (TPSA) is 83.6 Å². The average Bonchev–Trinajstić information content (AvgIpc) is 3.14. The molecule has 0 unspecified atom stereocenters. The number of hydrogen-bond acceptors (Lipinski definition) is 4. The SMILES string of the molecule is N#CCn1ccc(NC(=O)c2cc(-c3cccc(Br)c3)nc3ccccc23)n1. The summed E-state index contributed by atoms with van der Waals surface area (Å²) in [5, 5.41) is 16.5. The van der Waals surface area contributed by atoms with Crippen molar-refractivity contribution >= 4 is 38.6 Å². The fraction of sp³-hybridized carbons (Fsp3) is 0.0476. The highest BCUT2D eigenvalue weighted by Gasteiger charge is 2.15. The number of carbonyl (C=O) groups excluding carboxylic acids is 1. The van der Waals surface area contributed by atoms with Gasteiger partial charge in [0.1, 0.15) is 6.54 Å². The number of halogens is 1. The maximum Gasteiger partial charge on any atom is 0.257 e. The fourth-order valence-electron chi connectivity index (χ4n) is 2.93. The molecule has 0 saturated carbocycles. The number of hydrogen-bond donors (Lipinski definition) is 1. The van der Waals surface area contributed by atoms with Crippen LogP contribution >= 0.6 is 15.9 Å². The van der Waals surface area contributed by atoms with Gasteiger partial charge < -0.3 is 5.32 Å². The first-order valence-corrected chi connectivity index (χ1v) is 9.31. The Bertz CT molecular complexity index is 1220. The van der Waals surface area contributed by atoms with Crippen molar-refractivity contribution in [3.63, 3.8) is 0 Å². The molecule has 0 aliphatic carbocycles. The Morgan fingerprint density at radius 2 is 2.00 bits per heavy atom. The van der Waals surface area contributed by atoms with Crippen LogP contribution in [-0.4, -0.2) is 20.7 Å². The Labute approximate surface area is 169 Å². The number of benzene rings is 2. The molecule has 2 aromatic heterocycles. The third-order valence-electron chi connectivity index (χ3n) is 4.20. The molecule has 1 N–H and O–H groups in total. The van der Waals surface area contributed by atoms with E-state index in [-0.39, 0.29) is 12.5 Å². The summed E-state index contributed by atoms with van der Waals surface area (Å²) in [5.41, 5.74) is 2.86. The van der Waals surface area contributed by atoms with Gasteiger partial charge in [0.15, 0.2) is 5.82 Å². The van der Waals surface area contributed by atoms with E-state index in [0.29, 0.717) is 17.1 Å². The van der Waals surface area contributed by atoms with Crippen LogP contribution in [-0.2, 0) is 6.54 Å². The van der Waals surface area contributed by atoms with Crippen LogP contribution < -0.4 is 5.32 Å². The van der Waals surface area contributed by atoms with E-state index in [9.17, 15) is 4.79 Å². The first-order chi connectivity index (χ1) is 13.6. The lowest BCUT2D eigenvalue weighted by molar-refractivity contribution is 0.102. The van der Waals surface area contributed by atoms with Gasteiger partial charge in [0, 0.05) is 27.7 Å². The van der Waals surface area contributed by atoms with Gasteiger partial charge in [0.25, 0.3) is 5.91 Å². The molecule has 0 radical (unpaired) electrons. The van der Waals surface area contributed by atoms with E-state index >= 15 is 0 Å². The van der Waals surface area contributed by atoms with Gasteiger partial charge in [-0.25, -0.2) is 4.98 Å². The third-order valence-corrected chi connectivity index (χ3v) is 4.69. The fourth-order valence-corrected chi connectivity index (χ4v) is 3.33. The molecule has 136 valence electrons. The van der Waals surface area contributed by atoms with Crippen LogP contribution in [0.2, 0.25) is 0 Å². The molecule has 0 spiro atoms. The number of para-hydroxylation sites is 1. The van der Waals surface area contributed by atoms with Crippen LogP contribution in [0.15, 0.2) is 71.3 Å². The molecule has 2 aromatic carbocycles. The zero-order valence-corrected chi connectivity index (χ0v) is 16.2. The number of pyridine rings is 1. The molecule has 4 aromatic rings. The molecular weight excluding hydrogens is 418 g/mol. The van der Waals surface area contributed by atoms with Gasteiger partial charge in [0.2, 0.25) is 0 Å². The Morgan fingerprint density at radius 1 is 1.14 bits per heavy atom. The van der Waals surface area contributed by atoms with Crippen molar-refractivity contribution < 1.29 is 4.79 Å². The van der Waals surface area contributed by atoms with Crippen LogP contribution in [0.25, 0.3) is 22.2 Å². The first kappa shape index (κ1) is 17.9. The molecule has 6 nitrogen and oxygen atoms in total. The summed E-state index contributed by atoms with van der Waals surface area (Å²) >= 11 is 3.48. The normalized spacial score (nSPS) is 10.6. The van der Waals surface area contributed by atoms with Crippen LogP contribution in [0, 0.1) is 11.3 Å². The van der Waals surface area contributed by atoms with Gasteiger partial charge in [-0.1, -0.05) is 46.3 Å². The minimum atomic E-state index is -0.281. The van der Waals surface area contributed by atoms with Gasteiger partial charge in [-0.15, -0.1) is 0 Å². The molecule has 0 fully saturated rings. The van der Waals surface area contributed by atoms with Gasteiger partial charge in [-0.3, -0.25) is 9.48 Å². The summed E-state index contributed by atoms with van der Waals surface area (Å²) < 4.78 is 2.40. The first-order valence-electron chi connectivity index (χ1n) is 8.51. The number of aromatic nitrogens is 3. The summed E-state index contributed by atoms with van der Waals surface area (Å²) in [6, 6.07) is 20.8. The van der Waals surface area contributed by atoms with Crippen LogP contribution in [0.5, 0.6) is 0 Å². The van der Waals surface area contributed by atoms with E-state index in [1.807, 2.05) is 54.6 Å². The summed E-state index contributed by atoms with van der Waals surface area (Å²) in [6.45, 7) is 0.126. The highest BCUT2D eigenvalue weighted by atomic mass is 79.9. The van der Waals surface area contributed by atoms with Crippen molar-refractivity contribution in [2.75, 3.05) is 5.32 Å². The lowest BCUT2D eigenvalue weighted by Gasteiger charge is -2.10.